The molecule has 2 heteroatoms. The molecular weight excluding hydrogens is 162 g/mol. The smallest absolute Gasteiger partial charge is 0.0466 e. The Kier molecular flexibility index (Phi) is 2.32. The van der Waals surface area contributed by atoms with Gasteiger partial charge in [0.1, 0.15) is 0 Å². The fourth-order valence-electron chi connectivity index (χ4n) is 1.52. The molecule has 2 N–H and O–H groups in total. The Balaban J connectivity index is 2.35. The van der Waals surface area contributed by atoms with Crippen LogP contribution in [-0.4, -0.2) is 16.7 Å². The number of benzene rings is 1. The Labute approximate surface area is 77.2 Å². The third kappa shape index (κ3) is 1.58. The fourth-order valence-corrected chi connectivity index (χ4v) is 1.52. The summed E-state index contributed by atoms with van der Waals surface area (Å²) in [5.41, 5.74) is 2.40. The fraction of sp³-hybridized carbons (Fsp3) is 0.182. The summed E-state index contributed by atoms with van der Waals surface area (Å²) >= 11 is 0. The van der Waals surface area contributed by atoms with Crippen LogP contribution in [0.25, 0.3) is 10.9 Å². The maximum Gasteiger partial charge on any atom is 0.0466 e. The number of aromatic amines is 1. The van der Waals surface area contributed by atoms with Crippen LogP contribution >= 0.6 is 0 Å². The zero-order valence-corrected chi connectivity index (χ0v) is 7.33. The zero-order valence-electron chi connectivity index (χ0n) is 7.33. The van der Waals surface area contributed by atoms with Gasteiger partial charge in [-0.2, -0.15) is 0 Å². The Morgan fingerprint density at radius 1 is 1.31 bits per heavy atom. The van der Waals surface area contributed by atoms with Gasteiger partial charge in [0.15, 0.2) is 0 Å². The number of fused-ring (bicyclic) bond motifs is 1. The van der Waals surface area contributed by atoms with Crippen molar-refractivity contribution in [2.24, 2.45) is 0 Å². The van der Waals surface area contributed by atoms with Gasteiger partial charge in [0.05, 0.1) is 0 Å². The Morgan fingerprint density at radius 3 is 3.00 bits per heavy atom. The third-order valence-electron chi connectivity index (χ3n) is 2.17. The van der Waals surface area contributed by atoms with Crippen LogP contribution in [0.5, 0.6) is 0 Å². The van der Waals surface area contributed by atoms with E-state index >= 15 is 0 Å². The molecule has 0 amide bonds. The van der Waals surface area contributed by atoms with E-state index in [1.165, 1.54) is 10.9 Å². The lowest BCUT2D eigenvalue weighted by atomic mass is 10.1. The molecular formula is C11H12NO. The maximum atomic E-state index is 8.67. The number of nitrogens with one attached hydrogen (secondary N) is 1. The van der Waals surface area contributed by atoms with Gasteiger partial charge < -0.3 is 10.1 Å². The summed E-state index contributed by atoms with van der Waals surface area (Å²) in [7, 11) is 0. The molecule has 1 aromatic heterocycles. The first kappa shape index (κ1) is 8.32. The molecule has 0 bridgehead atoms. The summed E-state index contributed by atoms with van der Waals surface area (Å²) < 4.78 is 0. The quantitative estimate of drug-likeness (QED) is 0.732. The van der Waals surface area contributed by atoms with Gasteiger partial charge in [0.25, 0.3) is 0 Å². The molecule has 1 radical (unpaired) electrons. The van der Waals surface area contributed by atoms with Crippen molar-refractivity contribution in [1.29, 1.82) is 0 Å². The minimum atomic E-state index is 0.138. The second-order valence-electron chi connectivity index (χ2n) is 3.03. The molecule has 0 aliphatic rings. The molecule has 2 nitrogen and oxygen atoms in total. The summed E-state index contributed by atoms with van der Waals surface area (Å²) in [5.74, 6) is 0. The van der Waals surface area contributed by atoms with E-state index in [0.29, 0.717) is 0 Å². The minimum absolute atomic E-state index is 0.138. The van der Waals surface area contributed by atoms with Crippen LogP contribution in [0.15, 0.2) is 30.5 Å². The summed E-state index contributed by atoms with van der Waals surface area (Å²) in [6, 6.07) is 8.18. The zero-order chi connectivity index (χ0) is 9.10. The molecule has 2 rings (SSSR count). The molecule has 0 saturated heterocycles. The van der Waals surface area contributed by atoms with E-state index in [9.17, 15) is 0 Å². The summed E-state index contributed by atoms with van der Waals surface area (Å²) in [6.45, 7) is 0.138. The molecule has 67 valence electrons. The van der Waals surface area contributed by atoms with E-state index in [-0.39, 0.29) is 6.61 Å². The third-order valence-corrected chi connectivity index (χ3v) is 2.17. The summed E-state index contributed by atoms with van der Waals surface area (Å²) in [5, 5.41) is 9.91. The number of aliphatic hydroxyl groups is 1. The number of hydrogen-bond donors (Lipinski definition) is 2. The van der Waals surface area contributed by atoms with E-state index < -0.39 is 0 Å². The van der Waals surface area contributed by atoms with Crippen LogP contribution in [-0.2, 0) is 6.42 Å². The second-order valence-corrected chi connectivity index (χ2v) is 3.03. The number of para-hydroxylation sites is 1. The minimum Gasteiger partial charge on any atom is -0.396 e. The average Bonchev–Trinajstić information content (AvgIpc) is 2.58. The molecule has 0 spiro atoms. The Hall–Kier alpha value is -1.28. The SMILES string of the molecule is OC[CH]Cc1c[nH]c2ccccc12. The van der Waals surface area contributed by atoms with Gasteiger partial charge in [-0.25, -0.2) is 0 Å². The number of H-pyrrole nitrogens is 1. The van der Waals surface area contributed by atoms with Crippen LogP contribution < -0.4 is 0 Å². The van der Waals surface area contributed by atoms with Gasteiger partial charge in [-0.15, -0.1) is 0 Å². The summed E-state index contributed by atoms with van der Waals surface area (Å²) in [6.07, 6.45) is 4.67. The van der Waals surface area contributed by atoms with E-state index in [0.717, 1.165) is 11.9 Å². The topological polar surface area (TPSA) is 36.0 Å². The molecule has 13 heavy (non-hydrogen) atoms. The molecule has 0 aliphatic heterocycles. The van der Waals surface area contributed by atoms with Gasteiger partial charge in [-0.1, -0.05) is 18.2 Å². The lowest BCUT2D eigenvalue weighted by Gasteiger charge is -1.95. The van der Waals surface area contributed by atoms with Gasteiger partial charge in [-0.05, 0) is 24.5 Å². The molecule has 0 saturated carbocycles. The number of aliphatic hydroxyl groups excluding tert-OH is 1. The van der Waals surface area contributed by atoms with Crippen LogP contribution in [0.2, 0.25) is 0 Å². The van der Waals surface area contributed by atoms with Crippen molar-refractivity contribution in [3.05, 3.63) is 42.4 Å². The van der Waals surface area contributed by atoms with E-state index in [2.05, 4.69) is 17.1 Å². The van der Waals surface area contributed by atoms with Gasteiger partial charge in [0.2, 0.25) is 0 Å². The molecule has 0 unspecified atom stereocenters. The van der Waals surface area contributed by atoms with Gasteiger partial charge >= 0.3 is 0 Å². The predicted octanol–water partition coefficient (Wildman–Crippen LogP) is 1.91. The largest absolute Gasteiger partial charge is 0.396 e. The first-order valence-electron chi connectivity index (χ1n) is 4.39. The van der Waals surface area contributed by atoms with Crippen LogP contribution in [0.3, 0.4) is 0 Å². The van der Waals surface area contributed by atoms with Crippen LogP contribution in [0.4, 0.5) is 0 Å². The monoisotopic (exact) mass is 174 g/mol. The summed E-state index contributed by atoms with van der Waals surface area (Å²) in [4.78, 5) is 3.20. The van der Waals surface area contributed by atoms with Gasteiger partial charge in [-0.3, -0.25) is 0 Å². The van der Waals surface area contributed by atoms with Crippen molar-refractivity contribution in [1.82, 2.24) is 4.98 Å². The van der Waals surface area contributed by atoms with Crippen molar-refractivity contribution in [3.8, 4) is 0 Å². The lowest BCUT2D eigenvalue weighted by molar-refractivity contribution is 0.325. The first-order chi connectivity index (χ1) is 6.42. The lowest BCUT2D eigenvalue weighted by Crippen LogP contribution is -1.88. The highest BCUT2D eigenvalue weighted by atomic mass is 16.2. The number of aromatic nitrogens is 1. The van der Waals surface area contributed by atoms with Crippen molar-refractivity contribution < 1.29 is 5.11 Å². The highest BCUT2D eigenvalue weighted by molar-refractivity contribution is 5.83. The predicted molar refractivity (Wildman–Crippen MR) is 53.4 cm³/mol. The standard InChI is InChI=1S/C11H12NO/c13-7-3-4-9-8-12-11-6-2-1-5-10(9)11/h1-3,5-6,8,12-13H,4,7H2. The number of rotatable bonds is 3. The van der Waals surface area contributed by atoms with Crippen LogP contribution in [0.1, 0.15) is 5.56 Å². The first-order valence-corrected chi connectivity index (χ1v) is 4.39. The maximum absolute atomic E-state index is 8.67. The highest BCUT2D eigenvalue weighted by Gasteiger charge is 2.01. The molecule has 0 fully saturated rings. The molecule has 0 aliphatic carbocycles. The van der Waals surface area contributed by atoms with E-state index in [4.69, 9.17) is 5.11 Å². The molecule has 2 aromatic rings. The van der Waals surface area contributed by atoms with Crippen molar-refractivity contribution in [2.45, 2.75) is 6.42 Å². The Morgan fingerprint density at radius 2 is 2.15 bits per heavy atom. The van der Waals surface area contributed by atoms with Crippen LogP contribution in [0, 0.1) is 6.42 Å². The van der Waals surface area contributed by atoms with Crippen molar-refractivity contribution in [3.63, 3.8) is 0 Å². The van der Waals surface area contributed by atoms with Crippen molar-refractivity contribution >= 4 is 10.9 Å². The molecule has 1 aromatic carbocycles. The van der Waals surface area contributed by atoms with E-state index in [1.807, 2.05) is 24.8 Å². The Bertz CT molecular complexity index is 392. The van der Waals surface area contributed by atoms with Gasteiger partial charge in [0, 0.05) is 23.7 Å². The molecule has 0 atom stereocenters. The average molecular weight is 174 g/mol. The second kappa shape index (κ2) is 3.62. The van der Waals surface area contributed by atoms with E-state index in [1.54, 1.807) is 0 Å². The normalized spacial score (nSPS) is 10.8. The van der Waals surface area contributed by atoms with Crippen molar-refractivity contribution in [2.75, 3.05) is 6.61 Å². The molecule has 1 heterocycles. The number of hydrogen-bond acceptors (Lipinski definition) is 1. The highest BCUT2D eigenvalue weighted by Crippen LogP contribution is 2.18.